The minimum absolute atomic E-state index is 0.0970. The fourth-order valence-corrected chi connectivity index (χ4v) is 3.75. The van der Waals surface area contributed by atoms with Crippen molar-refractivity contribution < 1.29 is 14.7 Å². The Kier molecular flexibility index (Phi) is 4.75. The van der Waals surface area contributed by atoms with Crippen LogP contribution in [0.5, 0.6) is 0 Å². The maximum absolute atomic E-state index is 12.8. The quantitative estimate of drug-likeness (QED) is 0.642. The molecule has 3 aromatic rings. The second-order valence-electron chi connectivity index (χ2n) is 6.36. The Bertz CT molecular complexity index is 1140. The Labute approximate surface area is 170 Å². The summed E-state index contributed by atoms with van der Waals surface area (Å²) < 4.78 is 1.47. The molecule has 0 spiro atoms. The van der Waals surface area contributed by atoms with Gasteiger partial charge in [-0.1, -0.05) is 52.7 Å². The number of halogens is 2. The lowest BCUT2D eigenvalue weighted by Crippen LogP contribution is -2.23. The Morgan fingerprint density at radius 3 is 2.75 bits per heavy atom. The number of ketones is 1. The minimum atomic E-state index is -0.970. The number of carboxylic acid groups (broad SMARTS) is 1. The molecule has 1 atom stereocenters. The molecular formula is C20H13Cl2N3O3. The molecule has 1 heterocycles. The van der Waals surface area contributed by atoms with E-state index in [1.165, 1.54) is 4.68 Å². The van der Waals surface area contributed by atoms with Gasteiger partial charge in [0.1, 0.15) is 5.69 Å². The third kappa shape index (κ3) is 3.32. The van der Waals surface area contributed by atoms with Crippen LogP contribution in [0.25, 0.3) is 11.8 Å². The first-order valence-corrected chi connectivity index (χ1v) is 9.14. The number of aliphatic carboxylic acids is 1. The second kappa shape index (κ2) is 7.22. The van der Waals surface area contributed by atoms with Crippen LogP contribution in [0.15, 0.2) is 54.2 Å². The third-order valence-electron chi connectivity index (χ3n) is 4.58. The van der Waals surface area contributed by atoms with Gasteiger partial charge in [-0.05, 0) is 36.3 Å². The number of hydrogen-bond acceptors (Lipinski definition) is 4. The lowest BCUT2D eigenvalue weighted by atomic mass is 9.79. The number of carbonyl (C=O) groups excluding carboxylic acids is 1. The summed E-state index contributed by atoms with van der Waals surface area (Å²) in [5.74, 6) is -1.95. The van der Waals surface area contributed by atoms with Gasteiger partial charge < -0.3 is 5.11 Å². The fraction of sp³-hybridized carbons (Fsp3) is 0.100. The van der Waals surface area contributed by atoms with Crippen LogP contribution in [-0.4, -0.2) is 31.9 Å². The fourth-order valence-electron chi connectivity index (χ4n) is 3.25. The second-order valence-corrected chi connectivity index (χ2v) is 7.21. The van der Waals surface area contributed by atoms with Gasteiger partial charge in [0.25, 0.3) is 0 Å². The average Bonchev–Trinajstić information content (AvgIpc) is 3.12. The van der Waals surface area contributed by atoms with E-state index < -0.39 is 11.9 Å². The third-order valence-corrected chi connectivity index (χ3v) is 5.12. The Morgan fingerprint density at radius 1 is 1.21 bits per heavy atom. The topological polar surface area (TPSA) is 85.1 Å². The summed E-state index contributed by atoms with van der Waals surface area (Å²) in [6.07, 6.45) is 3.28. The number of Topliss-reactive ketones (excluding diaryl/α,β-unsaturated/α-hetero) is 1. The van der Waals surface area contributed by atoms with E-state index in [0.717, 1.165) is 0 Å². The summed E-state index contributed by atoms with van der Waals surface area (Å²) in [7, 11) is 0. The number of hydrogen-bond donors (Lipinski definition) is 1. The van der Waals surface area contributed by atoms with Crippen LogP contribution in [0.3, 0.4) is 0 Å². The molecule has 8 heteroatoms. The van der Waals surface area contributed by atoms with Gasteiger partial charge in [-0.3, -0.25) is 9.59 Å². The van der Waals surface area contributed by atoms with Crippen LogP contribution in [0.4, 0.5) is 0 Å². The van der Waals surface area contributed by atoms with E-state index in [0.29, 0.717) is 38.1 Å². The van der Waals surface area contributed by atoms with Crippen LogP contribution in [0.2, 0.25) is 10.0 Å². The van der Waals surface area contributed by atoms with Crippen molar-refractivity contribution >= 4 is 41.0 Å². The zero-order chi connectivity index (χ0) is 19.8. The SMILES string of the molecule is O=C1C(=Cc2cn(-c3ccc(Cl)cc3Cl)nn2)CC(C(=O)O)c2ccccc21. The minimum Gasteiger partial charge on any atom is -0.481 e. The summed E-state index contributed by atoms with van der Waals surface area (Å²) in [4.78, 5) is 24.5. The first-order chi connectivity index (χ1) is 13.4. The largest absolute Gasteiger partial charge is 0.481 e. The number of aromatic nitrogens is 3. The molecule has 4 rings (SSSR count). The van der Waals surface area contributed by atoms with Gasteiger partial charge in [0, 0.05) is 16.2 Å². The number of nitrogens with zero attached hydrogens (tertiary/aromatic N) is 3. The van der Waals surface area contributed by atoms with E-state index in [2.05, 4.69) is 10.3 Å². The van der Waals surface area contributed by atoms with E-state index >= 15 is 0 Å². The highest BCUT2D eigenvalue weighted by molar-refractivity contribution is 6.35. The van der Waals surface area contributed by atoms with E-state index in [-0.39, 0.29) is 12.2 Å². The van der Waals surface area contributed by atoms with E-state index in [1.807, 2.05) is 0 Å². The first-order valence-electron chi connectivity index (χ1n) is 8.39. The normalized spacial score (nSPS) is 17.6. The molecule has 0 radical (unpaired) electrons. The monoisotopic (exact) mass is 413 g/mol. The molecule has 1 N–H and O–H groups in total. The summed E-state index contributed by atoms with van der Waals surface area (Å²) in [6, 6.07) is 11.8. The molecule has 1 unspecified atom stereocenters. The molecule has 1 aromatic heterocycles. The Hall–Kier alpha value is -2.96. The standard InChI is InChI=1S/C20H13Cl2N3O3/c21-12-5-6-18(17(22)9-12)25-10-13(23-24-25)7-11-8-16(20(27)28)14-3-1-2-4-15(14)19(11)26/h1-7,9-10,16H,8H2,(H,27,28). The van der Waals surface area contributed by atoms with Crippen LogP contribution in [0, 0.1) is 0 Å². The smallest absolute Gasteiger partial charge is 0.311 e. The molecule has 0 aliphatic heterocycles. The van der Waals surface area contributed by atoms with Crippen LogP contribution < -0.4 is 0 Å². The maximum Gasteiger partial charge on any atom is 0.311 e. The number of allylic oxidation sites excluding steroid dienone is 1. The highest BCUT2D eigenvalue weighted by Gasteiger charge is 2.33. The van der Waals surface area contributed by atoms with Crippen LogP contribution >= 0.6 is 23.2 Å². The lowest BCUT2D eigenvalue weighted by molar-refractivity contribution is -0.138. The molecule has 2 aromatic carbocycles. The van der Waals surface area contributed by atoms with Gasteiger partial charge in [0.15, 0.2) is 5.78 Å². The van der Waals surface area contributed by atoms with Crippen molar-refractivity contribution in [1.82, 2.24) is 15.0 Å². The molecule has 6 nitrogen and oxygen atoms in total. The highest BCUT2D eigenvalue weighted by atomic mass is 35.5. The Morgan fingerprint density at radius 2 is 2.00 bits per heavy atom. The number of fused-ring (bicyclic) bond motifs is 1. The van der Waals surface area contributed by atoms with Gasteiger partial charge in [0.2, 0.25) is 0 Å². The number of carbonyl (C=O) groups is 2. The number of benzene rings is 2. The van der Waals surface area contributed by atoms with Crippen molar-refractivity contribution in [3.05, 3.63) is 81.1 Å². The Balaban J connectivity index is 1.71. The average molecular weight is 414 g/mol. The number of carboxylic acids is 1. The molecule has 0 bridgehead atoms. The van der Waals surface area contributed by atoms with Gasteiger partial charge in [0.05, 0.1) is 22.8 Å². The predicted molar refractivity (Wildman–Crippen MR) is 105 cm³/mol. The van der Waals surface area contributed by atoms with Gasteiger partial charge in [-0.15, -0.1) is 5.10 Å². The molecule has 1 aliphatic rings. The predicted octanol–water partition coefficient (Wildman–Crippen LogP) is 4.41. The molecule has 0 saturated heterocycles. The van der Waals surface area contributed by atoms with Crippen molar-refractivity contribution in [1.29, 1.82) is 0 Å². The molecular weight excluding hydrogens is 401 g/mol. The van der Waals surface area contributed by atoms with Crippen molar-refractivity contribution in [2.45, 2.75) is 12.3 Å². The zero-order valence-corrected chi connectivity index (χ0v) is 15.9. The maximum atomic E-state index is 12.8. The van der Waals surface area contributed by atoms with Crippen molar-refractivity contribution in [2.24, 2.45) is 0 Å². The molecule has 0 saturated carbocycles. The number of rotatable bonds is 3. The van der Waals surface area contributed by atoms with Crippen molar-refractivity contribution in [3.8, 4) is 5.69 Å². The summed E-state index contributed by atoms with van der Waals surface area (Å²) in [5.41, 5.74) is 2.33. The molecule has 0 amide bonds. The van der Waals surface area contributed by atoms with Gasteiger partial charge in [-0.25, -0.2) is 4.68 Å². The molecule has 140 valence electrons. The van der Waals surface area contributed by atoms with Gasteiger partial charge >= 0.3 is 5.97 Å². The summed E-state index contributed by atoms with van der Waals surface area (Å²) in [6.45, 7) is 0. The van der Waals surface area contributed by atoms with Crippen LogP contribution in [-0.2, 0) is 4.79 Å². The summed E-state index contributed by atoms with van der Waals surface area (Å²) >= 11 is 12.1. The van der Waals surface area contributed by atoms with Gasteiger partial charge in [-0.2, -0.15) is 0 Å². The molecule has 1 aliphatic carbocycles. The zero-order valence-electron chi connectivity index (χ0n) is 14.3. The van der Waals surface area contributed by atoms with Crippen molar-refractivity contribution in [3.63, 3.8) is 0 Å². The van der Waals surface area contributed by atoms with E-state index in [1.54, 1.807) is 54.7 Å². The highest BCUT2D eigenvalue weighted by Crippen LogP contribution is 2.35. The lowest BCUT2D eigenvalue weighted by Gasteiger charge is -2.23. The molecule has 0 fully saturated rings. The van der Waals surface area contributed by atoms with E-state index in [4.69, 9.17) is 23.2 Å². The van der Waals surface area contributed by atoms with Crippen LogP contribution in [0.1, 0.15) is 34.0 Å². The molecule has 28 heavy (non-hydrogen) atoms. The summed E-state index contributed by atoms with van der Waals surface area (Å²) in [5, 5.41) is 18.6. The van der Waals surface area contributed by atoms with Crippen molar-refractivity contribution in [2.75, 3.05) is 0 Å². The van der Waals surface area contributed by atoms with E-state index in [9.17, 15) is 14.7 Å². The first kappa shape index (κ1) is 18.4.